The van der Waals surface area contributed by atoms with Crippen molar-refractivity contribution in [1.29, 1.82) is 0 Å². The van der Waals surface area contributed by atoms with Crippen LogP contribution < -0.4 is 5.32 Å². The summed E-state index contributed by atoms with van der Waals surface area (Å²) in [5.41, 5.74) is 3.18. The SMILES string of the molecule is CNC[C@@H](O)[C@H](c1ccccc1)n1cc(C)c2cccc(Cl)c21. The molecule has 3 aromatic rings. The van der Waals surface area contributed by atoms with Crippen LogP contribution in [0.15, 0.2) is 54.7 Å². The Balaban J connectivity index is 2.22. The van der Waals surface area contributed by atoms with Gasteiger partial charge in [-0.05, 0) is 31.2 Å². The minimum absolute atomic E-state index is 0.195. The lowest BCUT2D eigenvalue weighted by Crippen LogP contribution is -2.33. The molecule has 2 aromatic carbocycles. The van der Waals surface area contributed by atoms with Crippen molar-refractivity contribution in [1.82, 2.24) is 9.88 Å². The van der Waals surface area contributed by atoms with Gasteiger partial charge < -0.3 is 15.0 Å². The molecule has 3 nitrogen and oxygen atoms in total. The van der Waals surface area contributed by atoms with Gasteiger partial charge in [0.05, 0.1) is 22.7 Å². The first-order valence-electron chi connectivity index (χ1n) is 7.76. The molecule has 0 unspecified atom stereocenters. The number of aliphatic hydroxyl groups is 1. The van der Waals surface area contributed by atoms with Gasteiger partial charge >= 0.3 is 0 Å². The van der Waals surface area contributed by atoms with E-state index in [2.05, 4.69) is 29.1 Å². The standard InChI is InChI=1S/C19H21ClN2O/c1-13-12-22(19-15(13)9-6-10-16(19)20)18(17(23)11-21-2)14-7-4-3-5-8-14/h3-10,12,17-18,21,23H,11H2,1-2H3/t17-,18+/m1/s1. The van der Waals surface area contributed by atoms with Crippen LogP contribution in [0.1, 0.15) is 17.2 Å². The highest BCUT2D eigenvalue weighted by molar-refractivity contribution is 6.35. The van der Waals surface area contributed by atoms with Gasteiger partial charge in [0.1, 0.15) is 0 Å². The van der Waals surface area contributed by atoms with Crippen LogP contribution in [-0.2, 0) is 0 Å². The number of fused-ring (bicyclic) bond motifs is 1. The number of likely N-dealkylation sites (N-methyl/N-ethyl adjacent to an activating group) is 1. The molecule has 3 rings (SSSR count). The van der Waals surface area contributed by atoms with Gasteiger partial charge in [0, 0.05) is 18.1 Å². The van der Waals surface area contributed by atoms with Crippen molar-refractivity contribution in [2.75, 3.05) is 13.6 Å². The summed E-state index contributed by atoms with van der Waals surface area (Å²) in [6.45, 7) is 2.57. The van der Waals surface area contributed by atoms with Crippen molar-refractivity contribution >= 4 is 22.5 Å². The molecule has 0 aliphatic carbocycles. The number of aryl methyl sites for hydroxylation is 1. The third-order valence-corrected chi connectivity index (χ3v) is 4.53. The highest BCUT2D eigenvalue weighted by Gasteiger charge is 2.25. The Kier molecular flexibility index (Phi) is 4.71. The van der Waals surface area contributed by atoms with Crippen molar-refractivity contribution in [2.45, 2.75) is 19.1 Å². The molecule has 0 saturated heterocycles. The van der Waals surface area contributed by atoms with Gasteiger partial charge in [-0.3, -0.25) is 0 Å². The van der Waals surface area contributed by atoms with E-state index in [4.69, 9.17) is 11.6 Å². The molecule has 120 valence electrons. The molecule has 23 heavy (non-hydrogen) atoms. The third-order valence-electron chi connectivity index (χ3n) is 4.22. The van der Waals surface area contributed by atoms with Crippen LogP contribution in [0.2, 0.25) is 5.02 Å². The van der Waals surface area contributed by atoms with Gasteiger partial charge in [-0.1, -0.05) is 54.1 Å². The molecule has 0 spiro atoms. The molecular formula is C19H21ClN2O. The Labute approximate surface area is 141 Å². The minimum atomic E-state index is -0.561. The quantitative estimate of drug-likeness (QED) is 0.748. The van der Waals surface area contributed by atoms with Crippen LogP contribution in [0.5, 0.6) is 0 Å². The Morgan fingerprint density at radius 3 is 2.57 bits per heavy atom. The summed E-state index contributed by atoms with van der Waals surface area (Å²) in [6, 6.07) is 15.8. The van der Waals surface area contributed by atoms with Gasteiger partial charge in [0.15, 0.2) is 0 Å². The number of aliphatic hydroxyl groups excluding tert-OH is 1. The largest absolute Gasteiger partial charge is 0.389 e. The van der Waals surface area contributed by atoms with Crippen LogP contribution in [0, 0.1) is 6.92 Å². The second kappa shape index (κ2) is 6.75. The summed E-state index contributed by atoms with van der Waals surface area (Å²) in [5, 5.41) is 15.6. The first-order chi connectivity index (χ1) is 11.1. The third kappa shape index (κ3) is 3.00. The number of benzene rings is 2. The molecule has 0 aliphatic rings. The Hall–Kier alpha value is -1.81. The number of rotatable bonds is 5. The monoisotopic (exact) mass is 328 g/mol. The molecule has 0 radical (unpaired) electrons. The zero-order valence-corrected chi connectivity index (χ0v) is 14.1. The Bertz CT molecular complexity index is 798. The summed E-state index contributed by atoms with van der Waals surface area (Å²) in [5.74, 6) is 0. The molecule has 0 bridgehead atoms. The van der Waals surface area contributed by atoms with Crippen molar-refractivity contribution in [3.05, 3.63) is 70.9 Å². The van der Waals surface area contributed by atoms with E-state index < -0.39 is 6.10 Å². The predicted molar refractivity (Wildman–Crippen MR) is 96.2 cm³/mol. The highest BCUT2D eigenvalue weighted by Crippen LogP contribution is 2.33. The fourth-order valence-corrected chi connectivity index (χ4v) is 3.47. The van der Waals surface area contributed by atoms with E-state index >= 15 is 0 Å². The lowest BCUT2D eigenvalue weighted by atomic mass is 10.0. The van der Waals surface area contributed by atoms with Gasteiger partial charge in [-0.15, -0.1) is 0 Å². The normalized spacial score (nSPS) is 14.1. The van der Waals surface area contributed by atoms with E-state index in [1.54, 1.807) is 0 Å². The maximum absolute atomic E-state index is 10.7. The van der Waals surface area contributed by atoms with Crippen LogP contribution in [0.25, 0.3) is 10.9 Å². The van der Waals surface area contributed by atoms with E-state index in [1.807, 2.05) is 49.5 Å². The predicted octanol–water partition coefficient (Wildman–Crippen LogP) is 3.77. The van der Waals surface area contributed by atoms with E-state index in [-0.39, 0.29) is 6.04 Å². The van der Waals surface area contributed by atoms with Gasteiger partial charge in [-0.2, -0.15) is 0 Å². The molecule has 1 heterocycles. The average Bonchev–Trinajstić information content (AvgIpc) is 2.87. The minimum Gasteiger partial charge on any atom is -0.389 e. The van der Waals surface area contributed by atoms with Gasteiger partial charge in [-0.25, -0.2) is 0 Å². The Morgan fingerprint density at radius 2 is 1.87 bits per heavy atom. The van der Waals surface area contributed by atoms with Crippen molar-refractivity contribution in [3.63, 3.8) is 0 Å². The molecular weight excluding hydrogens is 308 g/mol. The molecule has 2 atom stereocenters. The van der Waals surface area contributed by atoms with Crippen molar-refractivity contribution in [2.24, 2.45) is 0 Å². The fraction of sp³-hybridized carbons (Fsp3) is 0.263. The number of nitrogens with one attached hydrogen (secondary N) is 1. The van der Waals surface area contributed by atoms with Crippen LogP contribution in [0.4, 0.5) is 0 Å². The fourth-order valence-electron chi connectivity index (χ4n) is 3.20. The first-order valence-corrected chi connectivity index (χ1v) is 8.14. The summed E-state index contributed by atoms with van der Waals surface area (Å²) in [4.78, 5) is 0. The zero-order chi connectivity index (χ0) is 16.4. The van der Waals surface area contributed by atoms with E-state index in [0.29, 0.717) is 11.6 Å². The van der Waals surface area contributed by atoms with Crippen LogP contribution in [-0.4, -0.2) is 29.4 Å². The average molecular weight is 329 g/mol. The maximum atomic E-state index is 10.7. The number of nitrogens with zero attached hydrogens (tertiary/aromatic N) is 1. The first kappa shape index (κ1) is 16.1. The molecule has 0 aliphatic heterocycles. The molecule has 1 aromatic heterocycles. The number of halogens is 1. The lowest BCUT2D eigenvalue weighted by Gasteiger charge is -2.26. The Morgan fingerprint density at radius 1 is 1.13 bits per heavy atom. The number of hydrogen-bond acceptors (Lipinski definition) is 2. The number of hydrogen-bond donors (Lipinski definition) is 2. The molecule has 0 fully saturated rings. The van der Waals surface area contributed by atoms with Gasteiger partial charge in [0.25, 0.3) is 0 Å². The van der Waals surface area contributed by atoms with E-state index in [1.165, 1.54) is 0 Å². The lowest BCUT2D eigenvalue weighted by molar-refractivity contribution is 0.132. The van der Waals surface area contributed by atoms with Gasteiger partial charge in [0.2, 0.25) is 0 Å². The summed E-state index contributed by atoms with van der Waals surface area (Å²) < 4.78 is 2.10. The summed E-state index contributed by atoms with van der Waals surface area (Å²) >= 11 is 6.47. The van der Waals surface area contributed by atoms with Crippen molar-refractivity contribution < 1.29 is 5.11 Å². The zero-order valence-electron chi connectivity index (χ0n) is 13.3. The molecule has 0 saturated carbocycles. The molecule has 4 heteroatoms. The van der Waals surface area contributed by atoms with E-state index in [9.17, 15) is 5.11 Å². The molecule has 0 amide bonds. The van der Waals surface area contributed by atoms with Crippen LogP contribution >= 0.6 is 11.6 Å². The second-order valence-electron chi connectivity index (χ2n) is 5.84. The maximum Gasteiger partial charge on any atom is 0.0912 e. The highest BCUT2D eigenvalue weighted by atomic mass is 35.5. The van der Waals surface area contributed by atoms with Crippen LogP contribution in [0.3, 0.4) is 0 Å². The second-order valence-corrected chi connectivity index (χ2v) is 6.24. The number of para-hydroxylation sites is 1. The smallest absolute Gasteiger partial charge is 0.0912 e. The molecule has 2 N–H and O–H groups in total. The summed E-state index contributed by atoms with van der Waals surface area (Å²) in [6.07, 6.45) is 1.52. The van der Waals surface area contributed by atoms with Crippen molar-refractivity contribution in [3.8, 4) is 0 Å². The number of aromatic nitrogens is 1. The van der Waals surface area contributed by atoms with E-state index in [0.717, 1.165) is 22.0 Å². The summed E-state index contributed by atoms with van der Waals surface area (Å²) in [7, 11) is 1.84. The topological polar surface area (TPSA) is 37.2 Å².